The van der Waals surface area contributed by atoms with Gasteiger partial charge in [-0.25, -0.2) is 15.0 Å². The molecule has 2 heterocycles. The molecule has 0 spiro atoms. The van der Waals surface area contributed by atoms with Crippen molar-refractivity contribution >= 4 is 18.0 Å². The third-order valence-corrected chi connectivity index (χ3v) is 2.33. The van der Waals surface area contributed by atoms with Gasteiger partial charge in [-0.3, -0.25) is 9.78 Å². The fraction of sp³-hybridized carbons (Fsp3) is 0. The fourth-order valence-electron chi connectivity index (χ4n) is 0.871. The molecule has 0 aliphatic rings. The van der Waals surface area contributed by atoms with Crippen molar-refractivity contribution in [3.63, 3.8) is 0 Å². The van der Waals surface area contributed by atoms with E-state index in [-0.39, 0.29) is 0 Å². The van der Waals surface area contributed by atoms with Gasteiger partial charge in [-0.15, -0.1) is 0 Å². The highest BCUT2D eigenvalue weighted by atomic mass is 32.2. The summed E-state index contributed by atoms with van der Waals surface area (Å²) in [6.07, 6.45) is 8.47. The first-order chi connectivity index (χ1) is 7.38. The smallest absolute Gasteiger partial charge is 0.193 e. The average molecular weight is 218 g/mol. The van der Waals surface area contributed by atoms with E-state index in [2.05, 4.69) is 19.9 Å². The maximum Gasteiger partial charge on any atom is 0.193 e. The zero-order valence-corrected chi connectivity index (χ0v) is 8.39. The Morgan fingerprint density at radius 1 is 1.07 bits per heavy atom. The number of aldehydes is 1. The topological polar surface area (TPSA) is 68.6 Å². The summed E-state index contributed by atoms with van der Waals surface area (Å²) >= 11 is 1.30. The van der Waals surface area contributed by atoms with Crippen LogP contribution in [0.3, 0.4) is 0 Å². The highest BCUT2D eigenvalue weighted by Gasteiger charge is 2.01. The third-order valence-electron chi connectivity index (χ3n) is 1.52. The minimum absolute atomic E-state index is 0.457. The lowest BCUT2D eigenvalue weighted by molar-refractivity contribution is 0.112. The van der Waals surface area contributed by atoms with Gasteiger partial charge >= 0.3 is 0 Å². The highest BCUT2D eigenvalue weighted by molar-refractivity contribution is 7.99. The van der Waals surface area contributed by atoms with Gasteiger partial charge in [0, 0.05) is 24.8 Å². The van der Waals surface area contributed by atoms with E-state index in [9.17, 15) is 4.79 Å². The molecule has 74 valence electrons. The molecule has 0 aliphatic carbocycles. The second kappa shape index (κ2) is 4.61. The van der Waals surface area contributed by atoms with Gasteiger partial charge < -0.3 is 0 Å². The molecule has 0 aliphatic heterocycles. The van der Waals surface area contributed by atoms with Crippen molar-refractivity contribution in [1.29, 1.82) is 0 Å². The molecule has 0 amide bonds. The first kappa shape index (κ1) is 9.72. The first-order valence-corrected chi connectivity index (χ1v) is 4.91. The van der Waals surface area contributed by atoms with Crippen LogP contribution >= 0.6 is 11.8 Å². The summed E-state index contributed by atoms with van der Waals surface area (Å²) in [5.74, 6) is 0. The van der Waals surface area contributed by atoms with E-state index in [0.717, 1.165) is 5.03 Å². The van der Waals surface area contributed by atoms with Crippen molar-refractivity contribution in [3.05, 3.63) is 36.5 Å². The number of aromatic nitrogens is 4. The van der Waals surface area contributed by atoms with Crippen LogP contribution in [0.15, 0.2) is 41.2 Å². The Hall–Kier alpha value is -1.82. The van der Waals surface area contributed by atoms with Crippen molar-refractivity contribution in [2.75, 3.05) is 0 Å². The van der Waals surface area contributed by atoms with Crippen molar-refractivity contribution in [1.82, 2.24) is 19.9 Å². The van der Waals surface area contributed by atoms with Crippen LogP contribution in [-0.4, -0.2) is 26.2 Å². The van der Waals surface area contributed by atoms with Crippen LogP contribution < -0.4 is 0 Å². The lowest BCUT2D eigenvalue weighted by Gasteiger charge is -1.97. The standard InChI is InChI=1S/C9H6N4OS/c14-6-7-3-12-9(13-4-7)15-8-5-10-1-2-11-8/h1-6H. The normalized spacial score (nSPS) is 9.87. The molecule has 6 heteroatoms. The fourth-order valence-corrected chi connectivity index (χ4v) is 1.50. The molecule has 0 saturated heterocycles. The minimum atomic E-state index is 0.457. The van der Waals surface area contributed by atoms with Crippen LogP contribution in [-0.2, 0) is 0 Å². The van der Waals surface area contributed by atoms with Crippen LogP contribution in [0.25, 0.3) is 0 Å². The van der Waals surface area contributed by atoms with E-state index < -0.39 is 0 Å². The zero-order valence-electron chi connectivity index (χ0n) is 7.57. The summed E-state index contributed by atoms with van der Waals surface area (Å²) in [6.45, 7) is 0. The molecule has 2 rings (SSSR count). The lowest BCUT2D eigenvalue weighted by atomic mass is 10.4. The molecule has 5 nitrogen and oxygen atoms in total. The number of hydrogen-bond donors (Lipinski definition) is 0. The summed E-state index contributed by atoms with van der Waals surface area (Å²) in [5.41, 5.74) is 0.457. The summed E-state index contributed by atoms with van der Waals surface area (Å²) in [5, 5.41) is 1.26. The monoisotopic (exact) mass is 218 g/mol. The minimum Gasteiger partial charge on any atom is -0.298 e. The third kappa shape index (κ3) is 2.57. The molecular weight excluding hydrogens is 212 g/mol. The Morgan fingerprint density at radius 2 is 1.87 bits per heavy atom. The molecule has 0 saturated carbocycles. The summed E-state index contributed by atoms with van der Waals surface area (Å²) in [4.78, 5) is 26.3. The molecular formula is C9H6N4OS. The number of rotatable bonds is 3. The van der Waals surface area contributed by atoms with Gasteiger partial charge in [-0.05, 0) is 11.8 Å². The Balaban J connectivity index is 2.15. The second-order valence-electron chi connectivity index (χ2n) is 2.56. The molecule has 0 radical (unpaired) electrons. The van der Waals surface area contributed by atoms with E-state index in [1.54, 1.807) is 18.6 Å². The van der Waals surface area contributed by atoms with Gasteiger partial charge in [0.25, 0.3) is 0 Å². The van der Waals surface area contributed by atoms with E-state index in [4.69, 9.17) is 0 Å². The summed E-state index contributed by atoms with van der Waals surface area (Å²) in [7, 11) is 0. The van der Waals surface area contributed by atoms with Crippen LogP contribution in [0.5, 0.6) is 0 Å². The molecule has 2 aromatic heterocycles. The largest absolute Gasteiger partial charge is 0.298 e. The lowest BCUT2D eigenvalue weighted by Crippen LogP contribution is -1.90. The maximum absolute atomic E-state index is 10.4. The number of carbonyl (C=O) groups excluding carboxylic acids is 1. The molecule has 0 fully saturated rings. The molecule has 0 unspecified atom stereocenters. The van der Waals surface area contributed by atoms with Crippen LogP contribution in [0.1, 0.15) is 10.4 Å². The van der Waals surface area contributed by atoms with Crippen LogP contribution in [0, 0.1) is 0 Å². The predicted octanol–water partition coefficient (Wildman–Crippen LogP) is 1.23. The van der Waals surface area contributed by atoms with E-state index in [1.807, 2.05) is 0 Å². The second-order valence-corrected chi connectivity index (χ2v) is 3.55. The SMILES string of the molecule is O=Cc1cnc(Sc2cnccn2)nc1. The molecule has 2 aromatic rings. The highest BCUT2D eigenvalue weighted by Crippen LogP contribution is 2.20. The summed E-state index contributed by atoms with van der Waals surface area (Å²) < 4.78 is 0. The van der Waals surface area contributed by atoms with Crippen LogP contribution in [0.4, 0.5) is 0 Å². The van der Waals surface area contributed by atoms with Gasteiger partial charge in [0.1, 0.15) is 5.03 Å². The average Bonchev–Trinajstić information content (AvgIpc) is 2.31. The van der Waals surface area contributed by atoms with E-state index >= 15 is 0 Å². The zero-order chi connectivity index (χ0) is 10.5. The molecule has 0 bridgehead atoms. The Morgan fingerprint density at radius 3 is 2.47 bits per heavy atom. The number of carbonyl (C=O) groups is 1. The van der Waals surface area contributed by atoms with Crippen LogP contribution in [0.2, 0.25) is 0 Å². The van der Waals surface area contributed by atoms with E-state index in [0.29, 0.717) is 17.0 Å². The van der Waals surface area contributed by atoms with Gasteiger partial charge in [-0.1, -0.05) is 0 Å². The number of nitrogens with zero attached hydrogens (tertiary/aromatic N) is 4. The predicted molar refractivity (Wildman–Crippen MR) is 53.6 cm³/mol. The van der Waals surface area contributed by atoms with Crippen molar-refractivity contribution in [2.45, 2.75) is 10.2 Å². The van der Waals surface area contributed by atoms with Crippen molar-refractivity contribution < 1.29 is 4.79 Å². The maximum atomic E-state index is 10.4. The molecule has 0 N–H and O–H groups in total. The van der Waals surface area contributed by atoms with Gasteiger partial charge in [0.2, 0.25) is 0 Å². The Kier molecular flexibility index (Phi) is 2.99. The Labute approximate surface area is 90.0 Å². The number of hydrogen-bond acceptors (Lipinski definition) is 6. The van der Waals surface area contributed by atoms with E-state index in [1.165, 1.54) is 24.2 Å². The quantitative estimate of drug-likeness (QED) is 0.570. The molecule has 0 atom stereocenters. The summed E-state index contributed by atoms with van der Waals surface area (Å²) in [6, 6.07) is 0. The van der Waals surface area contributed by atoms with Gasteiger partial charge in [0.05, 0.1) is 11.8 Å². The first-order valence-electron chi connectivity index (χ1n) is 4.09. The van der Waals surface area contributed by atoms with Gasteiger partial charge in [-0.2, -0.15) is 0 Å². The van der Waals surface area contributed by atoms with Gasteiger partial charge in [0.15, 0.2) is 11.4 Å². The van der Waals surface area contributed by atoms with Crippen molar-refractivity contribution in [2.24, 2.45) is 0 Å². The molecule has 0 aromatic carbocycles. The Bertz CT molecular complexity index is 445. The molecule has 15 heavy (non-hydrogen) atoms. The van der Waals surface area contributed by atoms with Crippen molar-refractivity contribution in [3.8, 4) is 0 Å².